The van der Waals surface area contributed by atoms with Crippen LogP contribution in [-0.4, -0.2) is 36.7 Å². The van der Waals surface area contributed by atoms with E-state index in [1.54, 1.807) is 24.3 Å². The smallest absolute Gasteiger partial charge is 0.306 e. The minimum Gasteiger partial charge on any atom is -0.493 e. The molecule has 1 aromatic carbocycles. The van der Waals surface area contributed by atoms with E-state index in [0.717, 1.165) is 0 Å². The Balaban J connectivity index is 1.97. The predicted octanol–water partition coefficient (Wildman–Crippen LogP) is 2.63. The van der Waals surface area contributed by atoms with Gasteiger partial charge in [-0.3, -0.25) is 9.59 Å². The standard InChI is InChI=1S/C18H23NO5/c1-3-10-24-15-9-6-13(11-16(15)23-2)17(20)19-14-7-4-12(5-8-14)18(21)22/h3,6,9,11-12,14H,1,4-5,7-8,10H2,2H3,(H,19,20)(H,21,22). The summed E-state index contributed by atoms with van der Waals surface area (Å²) in [5.74, 6) is -0.198. The fourth-order valence-electron chi connectivity index (χ4n) is 2.83. The number of ether oxygens (including phenoxy) is 2. The fourth-order valence-corrected chi connectivity index (χ4v) is 2.83. The SMILES string of the molecule is C=CCOc1ccc(C(=O)NC2CCC(C(=O)O)CC2)cc1OC. The molecule has 2 N–H and O–H groups in total. The summed E-state index contributed by atoms with van der Waals surface area (Å²) in [6.45, 7) is 3.95. The van der Waals surface area contributed by atoms with Crippen LogP contribution in [0.2, 0.25) is 0 Å². The van der Waals surface area contributed by atoms with E-state index in [1.165, 1.54) is 7.11 Å². The number of aliphatic carboxylic acids is 1. The Morgan fingerprint density at radius 3 is 2.58 bits per heavy atom. The Morgan fingerprint density at radius 1 is 1.29 bits per heavy atom. The van der Waals surface area contributed by atoms with Gasteiger partial charge < -0.3 is 19.9 Å². The van der Waals surface area contributed by atoms with Gasteiger partial charge in [0.15, 0.2) is 11.5 Å². The number of hydrogen-bond acceptors (Lipinski definition) is 4. The van der Waals surface area contributed by atoms with Crippen molar-refractivity contribution in [1.29, 1.82) is 0 Å². The number of amides is 1. The van der Waals surface area contributed by atoms with E-state index in [1.807, 2.05) is 0 Å². The van der Waals surface area contributed by atoms with Crippen molar-refractivity contribution in [3.8, 4) is 11.5 Å². The molecule has 2 rings (SSSR count). The van der Waals surface area contributed by atoms with Crippen molar-refractivity contribution in [2.24, 2.45) is 5.92 Å². The van der Waals surface area contributed by atoms with E-state index in [0.29, 0.717) is 49.4 Å². The van der Waals surface area contributed by atoms with E-state index in [2.05, 4.69) is 11.9 Å². The van der Waals surface area contributed by atoms with Crippen molar-refractivity contribution in [3.05, 3.63) is 36.4 Å². The van der Waals surface area contributed by atoms with Crippen LogP contribution in [0.25, 0.3) is 0 Å². The summed E-state index contributed by atoms with van der Waals surface area (Å²) in [5.41, 5.74) is 0.484. The maximum atomic E-state index is 12.4. The molecule has 0 saturated heterocycles. The zero-order valence-corrected chi connectivity index (χ0v) is 13.8. The molecule has 0 atom stereocenters. The number of carbonyl (C=O) groups is 2. The van der Waals surface area contributed by atoms with E-state index in [4.69, 9.17) is 14.6 Å². The lowest BCUT2D eigenvalue weighted by Gasteiger charge is -2.26. The predicted molar refractivity (Wildman–Crippen MR) is 89.5 cm³/mol. The van der Waals surface area contributed by atoms with Gasteiger partial charge in [-0.1, -0.05) is 12.7 Å². The van der Waals surface area contributed by atoms with Gasteiger partial charge in [0.05, 0.1) is 13.0 Å². The number of carboxylic acid groups (broad SMARTS) is 1. The lowest BCUT2D eigenvalue weighted by atomic mass is 9.86. The molecule has 130 valence electrons. The summed E-state index contributed by atoms with van der Waals surface area (Å²) in [6.07, 6.45) is 4.18. The number of hydrogen-bond donors (Lipinski definition) is 2. The van der Waals surface area contributed by atoms with Crippen molar-refractivity contribution in [1.82, 2.24) is 5.32 Å². The van der Waals surface area contributed by atoms with Gasteiger partial charge >= 0.3 is 5.97 Å². The third kappa shape index (κ3) is 4.50. The largest absolute Gasteiger partial charge is 0.493 e. The Bertz CT molecular complexity index is 605. The second kappa shape index (κ2) is 8.38. The van der Waals surface area contributed by atoms with E-state index < -0.39 is 5.97 Å². The van der Waals surface area contributed by atoms with Crippen molar-refractivity contribution in [3.63, 3.8) is 0 Å². The molecule has 0 bridgehead atoms. The number of carboxylic acids is 1. The number of benzene rings is 1. The molecule has 6 heteroatoms. The zero-order valence-electron chi connectivity index (χ0n) is 13.8. The molecule has 0 heterocycles. The molecule has 0 spiro atoms. The van der Waals surface area contributed by atoms with Crippen LogP contribution in [0.4, 0.5) is 0 Å². The summed E-state index contributed by atoms with van der Waals surface area (Å²) < 4.78 is 10.7. The number of rotatable bonds is 7. The average molecular weight is 333 g/mol. The maximum Gasteiger partial charge on any atom is 0.306 e. The normalized spacial score (nSPS) is 20.0. The van der Waals surface area contributed by atoms with Crippen LogP contribution < -0.4 is 14.8 Å². The van der Waals surface area contributed by atoms with Gasteiger partial charge in [-0.2, -0.15) is 0 Å². The fraction of sp³-hybridized carbons (Fsp3) is 0.444. The van der Waals surface area contributed by atoms with E-state index in [-0.39, 0.29) is 17.9 Å². The van der Waals surface area contributed by atoms with Crippen LogP contribution >= 0.6 is 0 Å². The monoisotopic (exact) mass is 333 g/mol. The average Bonchev–Trinajstić information content (AvgIpc) is 2.60. The molecular weight excluding hydrogens is 310 g/mol. The molecule has 1 aliphatic rings. The highest BCUT2D eigenvalue weighted by atomic mass is 16.5. The Kier molecular flexibility index (Phi) is 6.23. The van der Waals surface area contributed by atoms with Gasteiger partial charge in [0.2, 0.25) is 0 Å². The minimum absolute atomic E-state index is 0.00999. The molecule has 1 aliphatic carbocycles. The van der Waals surface area contributed by atoms with Crippen LogP contribution in [0, 0.1) is 5.92 Å². The molecule has 24 heavy (non-hydrogen) atoms. The van der Waals surface area contributed by atoms with Gasteiger partial charge in [0, 0.05) is 11.6 Å². The first-order valence-corrected chi connectivity index (χ1v) is 8.00. The third-order valence-corrected chi connectivity index (χ3v) is 4.19. The van der Waals surface area contributed by atoms with Crippen molar-refractivity contribution in [2.45, 2.75) is 31.7 Å². The highest BCUT2D eigenvalue weighted by Gasteiger charge is 2.27. The first-order valence-electron chi connectivity index (χ1n) is 8.00. The highest BCUT2D eigenvalue weighted by Crippen LogP contribution is 2.29. The van der Waals surface area contributed by atoms with Gasteiger partial charge in [-0.15, -0.1) is 0 Å². The van der Waals surface area contributed by atoms with Crippen molar-refractivity contribution >= 4 is 11.9 Å². The van der Waals surface area contributed by atoms with E-state index in [9.17, 15) is 9.59 Å². The summed E-state index contributed by atoms with van der Waals surface area (Å²) in [5, 5.41) is 12.0. The molecule has 1 saturated carbocycles. The van der Waals surface area contributed by atoms with Crippen molar-refractivity contribution in [2.75, 3.05) is 13.7 Å². The Labute approximate surface area is 141 Å². The second-order valence-electron chi connectivity index (χ2n) is 5.83. The Morgan fingerprint density at radius 2 is 2.00 bits per heavy atom. The van der Waals surface area contributed by atoms with Gasteiger partial charge in [-0.05, 0) is 43.9 Å². The molecule has 1 fully saturated rings. The zero-order chi connectivity index (χ0) is 17.5. The molecule has 0 unspecified atom stereocenters. The third-order valence-electron chi connectivity index (χ3n) is 4.19. The second-order valence-corrected chi connectivity index (χ2v) is 5.83. The van der Waals surface area contributed by atoms with Gasteiger partial charge in [0.25, 0.3) is 5.91 Å². The quantitative estimate of drug-likeness (QED) is 0.749. The van der Waals surface area contributed by atoms with Crippen LogP contribution in [-0.2, 0) is 4.79 Å². The molecule has 1 aromatic rings. The molecule has 1 amide bonds. The van der Waals surface area contributed by atoms with Crippen molar-refractivity contribution < 1.29 is 24.2 Å². The topological polar surface area (TPSA) is 84.9 Å². The van der Waals surface area contributed by atoms with Crippen LogP contribution in [0.5, 0.6) is 11.5 Å². The van der Waals surface area contributed by atoms with Gasteiger partial charge in [0.1, 0.15) is 6.61 Å². The first kappa shape index (κ1) is 17.8. The maximum absolute atomic E-state index is 12.4. The van der Waals surface area contributed by atoms with Gasteiger partial charge in [-0.25, -0.2) is 0 Å². The molecule has 6 nitrogen and oxygen atoms in total. The summed E-state index contributed by atoms with van der Waals surface area (Å²) in [7, 11) is 1.52. The highest BCUT2D eigenvalue weighted by molar-refractivity contribution is 5.95. The molecular formula is C18H23NO5. The first-order chi connectivity index (χ1) is 11.5. The lowest BCUT2D eigenvalue weighted by Crippen LogP contribution is -2.38. The summed E-state index contributed by atoms with van der Waals surface area (Å²) in [6, 6.07) is 5.02. The summed E-state index contributed by atoms with van der Waals surface area (Å²) >= 11 is 0. The molecule has 0 aliphatic heterocycles. The lowest BCUT2D eigenvalue weighted by molar-refractivity contribution is -0.142. The van der Waals surface area contributed by atoms with Crippen LogP contribution in [0.15, 0.2) is 30.9 Å². The minimum atomic E-state index is -0.750. The van der Waals surface area contributed by atoms with Crippen LogP contribution in [0.3, 0.4) is 0 Å². The molecule has 0 radical (unpaired) electrons. The summed E-state index contributed by atoms with van der Waals surface area (Å²) in [4.78, 5) is 23.3. The number of methoxy groups -OCH3 is 1. The number of nitrogens with one attached hydrogen (secondary N) is 1. The Hall–Kier alpha value is -2.50. The van der Waals surface area contributed by atoms with E-state index >= 15 is 0 Å². The number of carbonyl (C=O) groups excluding carboxylic acids is 1. The molecule has 0 aromatic heterocycles. The van der Waals surface area contributed by atoms with Crippen LogP contribution in [0.1, 0.15) is 36.0 Å².